The molecule has 0 amide bonds. The molecule has 0 bridgehead atoms. The Bertz CT molecular complexity index is 1120. The van der Waals surface area contributed by atoms with Gasteiger partial charge in [0.25, 0.3) is 0 Å². The van der Waals surface area contributed by atoms with Gasteiger partial charge in [0.2, 0.25) is 0 Å². The Kier molecular flexibility index (Phi) is 4.19. The van der Waals surface area contributed by atoms with Gasteiger partial charge in [-0.05, 0) is 48.0 Å². The molecule has 5 heteroatoms. The average Bonchev–Trinajstić information content (AvgIpc) is 2.66. The van der Waals surface area contributed by atoms with Gasteiger partial charge < -0.3 is 9.15 Å². The van der Waals surface area contributed by atoms with Crippen molar-refractivity contribution in [2.24, 2.45) is 0 Å². The third-order valence-electron chi connectivity index (χ3n) is 3.94. The van der Waals surface area contributed by atoms with Crippen LogP contribution >= 0.6 is 0 Å². The first-order valence-corrected chi connectivity index (χ1v) is 8.05. The summed E-state index contributed by atoms with van der Waals surface area (Å²) in [6, 6.07) is 18.6. The Hall–Kier alpha value is -3.47. The van der Waals surface area contributed by atoms with Crippen LogP contribution in [0.4, 0.5) is 4.39 Å². The van der Waals surface area contributed by atoms with E-state index in [1.807, 2.05) is 12.1 Å². The molecule has 2 heterocycles. The number of nitrogens with zero attached hydrogens (tertiary/aromatic N) is 1. The van der Waals surface area contributed by atoms with Crippen LogP contribution in [0.5, 0.6) is 5.75 Å². The summed E-state index contributed by atoms with van der Waals surface area (Å²) in [5, 5.41) is 0.767. The van der Waals surface area contributed by atoms with E-state index in [1.165, 1.54) is 12.1 Å². The van der Waals surface area contributed by atoms with E-state index in [0.717, 1.165) is 10.9 Å². The zero-order valence-corrected chi connectivity index (χ0v) is 13.7. The predicted molar refractivity (Wildman–Crippen MR) is 96.4 cm³/mol. The number of pyridine rings is 1. The normalized spacial score (nSPS) is 10.8. The highest BCUT2D eigenvalue weighted by Crippen LogP contribution is 2.24. The first kappa shape index (κ1) is 16.0. The number of rotatable bonds is 4. The van der Waals surface area contributed by atoms with Crippen LogP contribution in [0.15, 0.2) is 82.1 Å². The first-order chi connectivity index (χ1) is 12.7. The molecule has 26 heavy (non-hydrogen) atoms. The van der Waals surface area contributed by atoms with Gasteiger partial charge in [0.1, 0.15) is 23.8 Å². The molecular weight excluding hydrogens is 333 g/mol. The van der Waals surface area contributed by atoms with Crippen molar-refractivity contribution in [3.05, 3.63) is 94.7 Å². The summed E-state index contributed by atoms with van der Waals surface area (Å²) < 4.78 is 24.3. The molecule has 0 fully saturated rings. The summed E-state index contributed by atoms with van der Waals surface area (Å²) in [5.41, 5.74) is 1.66. The molecule has 2 aromatic carbocycles. The van der Waals surface area contributed by atoms with Crippen molar-refractivity contribution in [3.8, 4) is 17.0 Å². The third kappa shape index (κ3) is 3.32. The van der Waals surface area contributed by atoms with Crippen molar-refractivity contribution in [3.63, 3.8) is 0 Å². The molecule has 2 aromatic heterocycles. The SMILES string of the molecule is O=c1oc2cc(OCc3cccc(F)c3)ccc2cc1-c1ccccn1. The smallest absolute Gasteiger partial charge is 0.345 e. The molecule has 4 rings (SSSR count). The Morgan fingerprint density at radius 2 is 1.92 bits per heavy atom. The Labute approximate surface area is 148 Å². The number of benzene rings is 2. The molecule has 0 atom stereocenters. The molecule has 0 aliphatic carbocycles. The number of hydrogen-bond donors (Lipinski definition) is 0. The number of fused-ring (bicyclic) bond motifs is 1. The van der Waals surface area contributed by atoms with Crippen LogP contribution in [0.25, 0.3) is 22.2 Å². The second kappa shape index (κ2) is 6.80. The minimum atomic E-state index is -0.460. The zero-order chi connectivity index (χ0) is 17.9. The number of aromatic nitrogens is 1. The molecule has 0 aliphatic rings. The Morgan fingerprint density at radius 1 is 1.00 bits per heavy atom. The molecule has 4 aromatic rings. The van der Waals surface area contributed by atoms with E-state index in [-0.39, 0.29) is 12.4 Å². The standard InChI is InChI=1S/C21H14FNO3/c22-16-5-3-4-14(10-16)13-25-17-8-7-15-11-18(19-6-1-2-9-23-19)21(24)26-20(15)12-17/h1-12H,13H2. The Morgan fingerprint density at radius 3 is 2.73 bits per heavy atom. The lowest BCUT2D eigenvalue weighted by molar-refractivity contribution is 0.305. The monoisotopic (exact) mass is 347 g/mol. The number of hydrogen-bond acceptors (Lipinski definition) is 4. The topological polar surface area (TPSA) is 52.3 Å². The maximum Gasteiger partial charge on any atom is 0.345 e. The Balaban J connectivity index is 1.62. The summed E-state index contributed by atoms with van der Waals surface area (Å²) in [5.74, 6) is 0.230. The van der Waals surface area contributed by atoms with E-state index >= 15 is 0 Å². The maximum absolute atomic E-state index is 13.2. The summed E-state index contributed by atoms with van der Waals surface area (Å²) in [6.07, 6.45) is 1.63. The van der Waals surface area contributed by atoms with Gasteiger partial charge in [0, 0.05) is 17.6 Å². The maximum atomic E-state index is 13.2. The lowest BCUT2D eigenvalue weighted by atomic mass is 10.1. The van der Waals surface area contributed by atoms with Crippen LogP contribution in [-0.4, -0.2) is 4.98 Å². The molecule has 128 valence electrons. The molecule has 0 radical (unpaired) electrons. The second-order valence-electron chi connectivity index (χ2n) is 5.78. The summed E-state index contributed by atoms with van der Waals surface area (Å²) >= 11 is 0. The molecule has 4 nitrogen and oxygen atoms in total. The van der Waals surface area contributed by atoms with Gasteiger partial charge in [-0.1, -0.05) is 18.2 Å². The fourth-order valence-electron chi connectivity index (χ4n) is 2.68. The summed E-state index contributed by atoms with van der Waals surface area (Å²) in [6.45, 7) is 0.222. The van der Waals surface area contributed by atoms with Crippen molar-refractivity contribution >= 4 is 11.0 Å². The fraction of sp³-hybridized carbons (Fsp3) is 0.0476. The van der Waals surface area contributed by atoms with Crippen molar-refractivity contribution < 1.29 is 13.5 Å². The van der Waals surface area contributed by atoms with Gasteiger partial charge in [0.05, 0.1) is 11.3 Å². The zero-order valence-electron chi connectivity index (χ0n) is 13.7. The van der Waals surface area contributed by atoms with Crippen LogP contribution in [0.3, 0.4) is 0 Å². The summed E-state index contributed by atoms with van der Waals surface area (Å²) in [4.78, 5) is 16.5. The van der Waals surface area contributed by atoms with Crippen molar-refractivity contribution in [1.29, 1.82) is 0 Å². The van der Waals surface area contributed by atoms with Crippen LogP contribution in [0.1, 0.15) is 5.56 Å². The highest BCUT2D eigenvalue weighted by molar-refractivity contribution is 5.82. The highest BCUT2D eigenvalue weighted by atomic mass is 19.1. The van der Waals surface area contributed by atoms with Crippen LogP contribution in [0.2, 0.25) is 0 Å². The van der Waals surface area contributed by atoms with E-state index in [2.05, 4.69) is 4.98 Å². The van der Waals surface area contributed by atoms with E-state index in [9.17, 15) is 9.18 Å². The van der Waals surface area contributed by atoms with Crippen LogP contribution in [0, 0.1) is 5.82 Å². The average molecular weight is 347 g/mol. The molecule has 0 aliphatic heterocycles. The minimum Gasteiger partial charge on any atom is -0.489 e. The van der Waals surface area contributed by atoms with Gasteiger partial charge in [-0.2, -0.15) is 0 Å². The van der Waals surface area contributed by atoms with Gasteiger partial charge in [-0.25, -0.2) is 9.18 Å². The van der Waals surface area contributed by atoms with E-state index in [0.29, 0.717) is 22.6 Å². The van der Waals surface area contributed by atoms with Gasteiger partial charge >= 0.3 is 5.63 Å². The molecule has 0 saturated carbocycles. The van der Waals surface area contributed by atoms with Crippen molar-refractivity contribution in [2.75, 3.05) is 0 Å². The van der Waals surface area contributed by atoms with Gasteiger partial charge in [-0.3, -0.25) is 4.98 Å². The summed E-state index contributed by atoms with van der Waals surface area (Å²) in [7, 11) is 0. The lowest BCUT2D eigenvalue weighted by Crippen LogP contribution is -2.04. The van der Waals surface area contributed by atoms with Crippen molar-refractivity contribution in [2.45, 2.75) is 6.61 Å². The molecule has 0 saturated heterocycles. The molecule has 0 unspecified atom stereocenters. The first-order valence-electron chi connectivity index (χ1n) is 8.05. The molecular formula is C21H14FNO3. The second-order valence-corrected chi connectivity index (χ2v) is 5.78. The van der Waals surface area contributed by atoms with Gasteiger partial charge in [0.15, 0.2) is 0 Å². The van der Waals surface area contributed by atoms with Crippen molar-refractivity contribution in [1.82, 2.24) is 4.98 Å². The lowest BCUT2D eigenvalue weighted by Gasteiger charge is -2.08. The molecule has 0 N–H and O–H groups in total. The largest absolute Gasteiger partial charge is 0.489 e. The number of ether oxygens (including phenoxy) is 1. The highest BCUT2D eigenvalue weighted by Gasteiger charge is 2.09. The third-order valence-corrected chi connectivity index (χ3v) is 3.94. The number of halogens is 1. The van der Waals surface area contributed by atoms with E-state index < -0.39 is 5.63 Å². The fourth-order valence-corrected chi connectivity index (χ4v) is 2.68. The molecule has 0 spiro atoms. The van der Waals surface area contributed by atoms with Crippen LogP contribution < -0.4 is 10.4 Å². The van der Waals surface area contributed by atoms with E-state index in [4.69, 9.17) is 9.15 Å². The van der Waals surface area contributed by atoms with Crippen LogP contribution in [-0.2, 0) is 6.61 Å². The van der Waals surface area contributed by atoms with Gasteiger partial charge in [-0.15, -0.1) is 0 Å². The van der Waals surface area contributed by atoms with E-state index in [1.54, 1.807) is 48.7 Å². The predicted octanol–water partition coefficient (Wildman–Crippen LogP) is 4.57. The quantitative estimate of drug-likeness (QED) is 0.507. The minimum absolute atomic E-state index is 0.222.